The number of fused-ring (bicyclic) bond motifs is 1. The number of halogens is 1. The van der Waals surface area contributed by atoms with E-state index in [1.54, 1.807) is 25.1 Å². The van der Waals surface area contributed by atoms with Crippen LogP contribution in [0.4, 0.5) is 5.69 Å². The van der Waals surface area contributed by atoms with Gasteiger partial charge < -0.3 is 10.6 Å². The van der Waals surface area contributed by atoms with Gasteiger partial charge in [-0.3, -0.25) is 9.59 Å². The van der Waals surface area contributed by atoms with Crippen LogP contribution in [0, 0.1) is 6.92 Å². The predicted octanol–water partition coefficient (Wildman–Crippen LogP) is 4.73. The molecule has 0 radical (unpaired) electrons. The summed E-state index contributed by atoms with van der Waals surface area (Å²) in [4.78, 5) is 24.7. The quantitative estimate of drug-likeness (QED) is 0.748. The van der Waals surface area contributed by atoms with Crippen LogP contribution in [0.3, 0.4) is 0 Å². The van der Waals surface area contributed by atoms with Crippen molar-refractivity contribution < 1.29 is 9.59 Å². The van der Waals surface area contributed by atoms with Gasteiger partial charge in [-0.25, -0.2) is 0 Å². The topological polar surface area (TPSA) is 58.2 Å². The first-order chi connectivity index (χ1) is 13.0. The van der Waals surface area contributed by atoms with E-state index >= 15 is 0 Å². The lowest BCUT2D eigenvalue weighted by Crippen LogP contribution is -2.37. The molecule has 0 saturated heterocycles. The summed E-state index contributed by atoms with van der Waals surface area (Å²) in [5.74, 6) is -1.32. The number of carbonyl (C=O) groups is 2. The largest absolute Gasteiger partial charge is 0.341 e. The summed E-state index contributed by atoms with van der Waals surface area (Å²) in [5.41, 5.74) is 5.11. The number of hydrogen-bond acceptors (Lipinski definition) is 2. The second kappa shape index (κ2) is 8.57. The van der Waals surface area contributed by atoms with Gasteiger partial charge in [0.25, 0.3) is 0 Å². The number of benzene rings is 2. The van der Waals surface area contributed by atoms with Crippen LogP contribution in [0.1, 0.15) is 54.5 Å². The van der Waals surface area contributed by atoms with Crippen molar-refractivity contribution in [3.05, 3.63) is 63.7 Å². The number of aryl methyl sites for hydroxylation is 2. The molecule has 0 spiro atoms. The third-order valence-electron chi connectivity index (χ3n) is 5.21. The number of anilines is 1. The van der Waals surface area contributed by atoms with E-state index in [2.05, 4.69) is 28.8 Å². The maximum absolute atomic E-state index is 12.4. The third kappa shape index (κ3) is 4.51. The van der Waals surface area contributed by atoms with Gasteiger partial charge in [0.05, 0.1) is 6.04 Å². The Balaban J connectivity index is 1.69. The third-order valence-corrected chi connectivity index (χ3v) is 5.62. The van der Waals surface area contributed by atoms with E-state index < -0.39 is 11.8 Å². The van der Waals surface area contributed by atoms with Crippen molar-refractivity contribution >= 4 is 29.1 Å². The van der Waals surface area contributed by atoms with Crippen molar-refractivity contribution in [3.8, 4) is 0 Å². The van der Waals surface area contributed by atoms with Crippen molar-refractivity contribution in [2.45, 2.75) is 52.0 Å². The van der Waals surface area contributed by atoms with Crippen molar-refractivity contribution in [2.75, 3.05) is 5.32 Å². The molecule has 0 aliphatic heterocycles. The average molecular weight is 385 g/mol. The van der Waals surface area contributed by atoms with Gasteiger partial charge in [-0.2, -0.15) is 0 Å². The number of carbonyl (C=O) groups excluding carboxylic acids is 2. The lowest BCUT2D eigenvalue weighted by atomic mass is 9.89. The van der Waals surface area contributed by atoms with E-state index in [-0.39, 0.29) is 6.04 Å². The van der Waals surface area contributed by atoms with Gasteiger partial charge in [0.1, 0.15) is 0 Å². The first-order valence-electron chi connectivity index (χ1n) is 9.48. The molecule has 2 N–H and O–H groups in total. The molecule has 0 heterocycles. The van der Waals surface area contributed by atoms with Crippen LogP contribution in [-0.4, -0.2) is 11.8 Å². The molecule has 142 valence electrons. The number of nitrogens with one attached hydrogen (secondary N) is 2. The molecule has 2 aromatic carbocycles. The Morgan fingerprint density at radius 1 is 1.07 bits per heavy atom. The van der Waals surface area contributed by atoms with Gasteiger partial charge >= 0.3 is 11.8 Å². The fourth-order valence-electron chi connectivity index (χ4n) is 3.54. The normalized spacial score (nSPS) is 14.2. The summed E-state index contributed by atoms with van der Waals surface area (Å²) >= 11 is 6.07. The van der Waals surface area contributed by atoms with Gasteiger partial charge in [-0.05, 0) is 73.4 Å². The van der Waals surface area contributed by atoms with E-state index in [1.165, 1.54) is 24.0 Å². The first kappa shape index (κ1) is 19.4. The second-order valence-electron chi connectivity index (χ2n) is 7.04. The molecule has 2 amide bonds. The summed E-state index contributed by atoms with van der Waals surface area (Å²) in [6.07, 6.45) is 5.38. The molecule has 0 fully saturated rings. The molecule has 1 aliphatic rings. The molecule has 4 nitrogen and oxygen atoms in total. The summed E-state index contributed by atoms with van der Waals surface area (Å²) in [7, 11) is 0. The van der Waals surface area contributed by atoms with Gasteiger partial charge in [0.2, 0.25) is 0 Å². The fourth-order valence-corrected chi connectivity index (χ4v) is 3.71. The van der Waals surface area contributed by atoms with Gasteiger partial charge in [0.15, 0.2) is 0 Å². The van der Waals surface area contributed by atoms with Crippen molar-refractivity contribution in [1.82, 2.24) is 5.32 Å². The number of amides is 2. The average Bonchev–Trinajstić information content (AvgIpc) is 2.69. The minimum absolute atomic E-state index is 0.184. The SMILES string of the molecule is CCC(NC(=O)C(=O)Nc1cccc(Cl)c1C)c1ccc2c(c1)CCCC2. The molecule has 27 heavy (non-hydrogen) atoms. The highest BCUT2D eigenvalue weighted by atomic mass is 35.5. The van der Waals surface area contributed by atoms with Crippen LogP contribution >= 0.6 is 11.6 Å². The smallest absolute Gasteiger partial charge is 0.313 e. The van der Waals surface area contributed by atoms with Crippen LogP contribution in [0.5, 0.6) is 0 Å². The van der Waals surface area contributed by atoms with Crippen molar-refractivity contribution in [1.29, 1.82) is 0 Å². The van der Waals surface area contributed by atoms with Crippen LogP contribution in [0.2, 0.25) is 5.02 Å². The molecule has 5 heteroatoms. The van der Waals surface area contributed by atoms with Crippen LogP contribution < -0.4 is 10.6 Å². The molecule has 1 aliphatic carbocycles. The Morgan fingerprint density at radius 2 is 1.81 bits per heavy atom. The summed E-state index contributed by atoms with van der Waals surface area (Å²) in [6.45, 7) is 3.81. The molecule has 3 rings (SSSR count). The summed E-state index contributed by atoms with van der Waals surface area (Å²) in [5, 5.41) is 6.06. The minimum atomic E-state index is -0.684. The molecule has 0 bridgehead atoms. The lowest BCUT2D eigenvalue weighted by molar-refractivity contribution is -0.136. The van der Waals surface area contributed by atoms with Crippen LogP contribution in [-0.2, 0) is 22.4 Å². The van der Waals surface area contributed by atoms with Crippen LogP contribution in [0.25, 0.3) is 0 Å². The minimum Gasteiger partial charge on any atom is -0.341 e. The van der Waals surface area contributed by atoms with E-state index in [9.17, 15) is 9.59 Å². The molecular formula is C22H25ClN2O2. The molecular weight excluding hydrogens is 360 g/mol. The Morgan fingerprint density at radius 3 is 2.56 bits per heavy atom. The Hall–Kier alpha value is -2.33. The standard InChI is InChI=1S/C22H25ClN2O2/c1-3-19(17-12-11-15-7-4-5-8-16(15)13-17)24-21(26)22(27)25-20-10-6-9-18(23)14(20)2/h6,9-13,19H,3-5,7-8H2,1-2H3,(H,24,26)(H,25,27). The van der Waals surface area contributed by atoms with Crippen molar-refractivity contribution in [3.63, 3.8) is 0 Å². The summed E-state index contributed by atoms with van der Waals surface area (Å²) in [6, 6.07) is 11.4. The summed E-state index contributed by atoms with van der Waals surface area (Å²) < 4.78 is 0. The lowest BCUT2D eigenvalue weighted by Gasteiger charge is -2.21. The highest BCUT2D eigenvalue weighted by Crippen LogP contribution is 2.26. The van der Waals surface area contributed by atoms with Gasteiger partial charge in [-0.15, -0.1) is 0 Å². The Kier molecular flexibility index (Phi) is 6.17. The van der Waals surface area contributed by atoms with Gasteiger partial charge in [0, 0.05) is 10.7 Å². The van der Waals surface area contributed by atoms with E-state index in [1.807, 2.05) is 6.92 Å². The molecule has 0 aromatic heterocycles. The molecule has 0 saturated carbocycles. The maximum Gasteiger partial charge on any atom is 0.313 e. The van der Waals surface area contributed by atoms with Crippen molar-refractivity contribution in [2.24, 2.45) is 0 Å². The first-order valence-corrected chi connectivity index (χ1v) is 9.86. The molecule has 1 atom stereocenters. The van der Waals surface area contributed by atoms with Crippen LogP contribution in [0.15, 0.2) is 36.4 Å². The maximum atomic E-state index is 12.4. The fraction of sp³-hybridized carbons (Fsp3) is 0.364. The van der Waals surface area contributed by atoms with E-state index in [0.29, 0.717) is 17.1 Å². The van der Waals surface area contributed by atoms with Gasteiger partial charge in [-0.1, -0.05) is 42.8 Å². The Labute approximate surface area is 165 Å². The van der Waals surface area contributed by atoms with E-state index in [0.717, 1.165) is 24.0 Å². The zero-order valence-corrected chi connectivity index (χ0v) is 16.5. The zero-order valence-electron chi connectivity index (χ0n) is 15.8. The number of hydrogen-bond donors (Lipinski definition) is 2. The predicted molar refractivity (Wildman–Crippen MR) is 109 cm³/mol. The molecule has 2 aromatic rings. The highest BCUT2D eigenvalue weighted by molar-refractivity contribution is 6.40. The van der Waals surface area contributed by atoms with E-state index in [4.69, 9.17) is 11.6 Å². The zero-order chi connectivity index (χ0) is 19.4. The second-order valence-corrected chi connectivity index (χ2v) is 7.44. The Bertz CT molecular complexity index is 863. The molecule has 1 unspecified atom stereocenters. The number of rotatable bonds is 4. The monoisotopic (exact) mass is 384 g/mol. The highest BCUT2D eigenvalue weighted by Gasteiger charge is 2.21.